The third kappa shape index (κ3) is 2.38. The van der Waals surface area contributed by atoms with Crippen molar-refractivity contribution in [3.63, 3.8) is 0 Å². The molecule has 0 spiro atoms. The molecule has 0 radical (unpaired) electrons. The first-order valence-electron chi connectivity index (χ1n) is 6.35. The molecule has 0 aliphatic carbocycles. The van der Waals surface area contributed by atoms with E-state index in [2.05, 4.69) is 11.2 Å². The molecule has 0 aromatic heterocycles. The molecule has 1 atom stereocenters. The summed E-state index contributed by atoms with van der Waals surface area (Å²) in [6.45, 7) is 0. The molecule has 0 bridgehead atoms. The third-order valence-corrected chi connectivity index (χ3v) is 3.57. The number of halogens is 1. The Bertz CT molecular complexity index is 671. The summed E-state index contributed by atoms with van der Waals surface area (Å²) in [5.41, 5.74) is 2.64. The van der Waals surface area contributed by atoms with Gasteiger partial charge in [-0.2, -0.15) is 10.4 Å². The van der Waals surface area contributed by atoms with Crippen LogP contribution in [0.2, 0.25) is 5.02 Å². The van der Waals surface area contributed by atoms with Gasteiger partial charge in [-0.1, -0.05) is 41.9 Å². The number of hydrazone groups is 1. The highest BCUT2D eigenvalue weighted by Gasteiger charge is 2.28. The smallest absolute Gasteiger partial charge is 0.140 e. The van der Waals surface area contributed by atoms with Crippen molar-refractivity contribution in [3.05, 3.63) is 65.2 Å². The third-order valence-electron chi connectivity index (χ3n) is 3.31. The zero-order valence-electron chi connectivity index (χ0n) is 10.7. The van der Waals surface area contributed by atoms with Crippen LogP contribution in [0.3, 0.4) is 0 Å². The molecule has 1 aliphatic heterocycles. The normalized spacial score (nSPS) is 17.7. The molecule has 2 aromatic carbocycles. The summed E-state index contributed by atoms with van der Waals surface area (Å²) in [5.74, 6) is 0. The van der Waals surface area contributed by atoms with Gasteiger partial charge in [-0.25, -0.2) is 0 Å². The summed E-state index contributed by atoms with van der Waals surface area (Å²) < 4.78 is 0. The van der Waals surface area contributed by atoms with E-state index in [4.69, 9.17) is 16.9 Å². The molecule has 1 aliphatic rings. The van der Waals surface area contributed by atoms with Gasteiger partial charge in [0.2, 0.25) is 0 Å². The second-order valence-electron chi connectivity index (χ2n) is 4.61. The van der Waals surface area contributed by atoms with Crippen molar-refractivity contribution < 1.29 is 0 Å². The lowest BCUT2D eigenvalue weighted by atomic mass is 10.0. The summed E-state index contributed by atoms with van der Waals surface area (Å²) in [7, 11) is 0. The Hall–Kier alpha value is -2.31. The zero-order chi connectivity index (χ0) is 13.9. The minimum Gasteiger partial charge on any atom is -0.257 e. The van der Waals surface area contributed by atoms with Crippen LogP contribution >= 0.6 is 11.6 Å². The highest BCUT2D eigenvalue weighted by molar-refractivity contribution is 6.30. The SMILES string of the molecule is N#CC1=NN(c2ccccc2)C(c2ccc(Cl)cc2)C1. The Morgan fingerprint density at radius 2 is 1.80 bits per heavy atom. The quantitative estimate of drug-likeness (QED) is 0.829. The van der Waals surface area contributed by atoms with Crippen LogP contribution < -0.4 is 5.01 Å². The lowest BCUT2D eigenvalue weighted by molar-refractivity contribution is 0.709. The van der Waals surface area contributed by atoms with Crippen molar-refractivity contribution >= 4 is 23.0 Å². The Kier molecular flexibility index (Phi) is 3.41. The first-order valence-corrected chi connectivity index (χ1v) is 6.73. The number of nitrogens with zero attached hydrogens (tertiary/aromatic N) is 3. The molecule has 4 heteroatoms. The molecule has 20 heavy (non-hydrogen) atoms. The Morgan fingerprint density at radius 3 is 2.45 bits per heavy atom. The van der Waals surface area contributed by atoms with Crippen molar-refractivity contribution in [1.82, 2.24) is 0 Å². The lowest BCUT2D eigenvalue weighted by Gasteiger charge is -2.23. The van der Waals surface area contributed by atoms with Crippen LogP contribution in [-0.4, -0.2) is 5.71 Å². The van der Waals surface area contributed by atoms with E-state index in [9.17, 15) is 0 Å². The average Bonchev–Trinajstić information content (AvgIpc) is 2.93. The van der Waals surface area contributed by atoms with Crippen molar-refractivity contribution in [2.24, 2.45) is 5.10 Å². The Morgan fingerprint density at radius 1 is 1.10 bits per heavy atom. The summed E-state index contributed by atoms with van der Waals surface area (Å²) in [6.07, 6.45) is 0.618. The first-order chi connectivity index (χ1) is 9.78. The van der Waals surface area contributed by atoms with Gasteiger partial charge in [-0.05, 0) is 29.8 Å². The number of hydrogen-bond donors (Lipinski definition) is 0. The number of nitriles is 1. The highest BCUT2D eigenvalue weighted by atomic mass is 35.5. The highest BCUT2D eigenvalue weighted by Crippen LogP contribution is 2.35. The number of rotatable bonds is 2. The maximum absolute atomic E-state index is 9.11. The van der Waals surface area contributed by atoms with Crippen molar-refractivity contribution in [2.75, 3.05) is 5.01 Å². The van der Waals surface area contributed by atoms with Crippen molar-refractivity contribution in [2.45, 2.75) is 12.5 Å². The number of para-hydroxylation sites is 1. The number of hydrogen-bond acceptors (Lipinski definition) is 3. The van der Waals surface area contributed by atoms with E-state index >= 15 is 0 Å². The van der Waals surface area contributed by atoms with E-state index in [0.717, 1.165) is 11.3 Å². The molecule has 0 amide bonds. The summed E-state index contributed by atoms with van der Waals surface area (Å²) in [4.78, 5) is 0. The van der Waals surface area contributed by atoms with E-state index in [-0.39, 0.29) is 6.04 Å². The lowest BCUT2D eigenvalue weighted by Crippen LogP contribution is -2.18. The fourth-order valence-corrected chi connectivity index (χ4v) is 2.47. The van der Waals surface area contributed by atoms with Gasteiger partial charge in [0.1, 0.15) is 11.8 Å². The number of benzene rings is 2. The van der Waals surface area contributed by atoms with Crippen molar-refractivity contribution in [3.8, 4) is 6.07 Å². The van der Waals surface area contributed by atoms with Crippen LogP contribution in [0, 0.1) is 11.3 Å². The van der Waals surface area contributed by atoms with Crippen LogP contribution in [0.25, 0.3) is 0 Å². The average molecular weight is 282 g/mol. The summed E-state index contributed by atoms with van der Waals surface area (Å²) in [5, 5.41) is 16.1. The van der Waals surface area contributed by atoms with Gasteiger partial charge in [0.05, 0.1) is 11.7 Å². The van der Waals surface area contributed by atoms with Crippen LogP contribution in [0.5, 0.6) is 0 Å². The van der Waals surface area contributed by atoms with Crippen LogP contribution in [0.1, 0.15) is 18.0 Å². The Balaban J connectivity index is 1.98. The minimum absolute atomic E-state index is 0.0457. The molecular formula is C16H12ClN3. The molecule has 0 N–H and O–H groups in total. The van der Waals surface area contributed by atoms with Crippen LogP contribution in [-0.2, 0) is 0 Å². The minimum atomic E-state index is 0.0457. The zero-order valence-corrected chi connectivity index (χ0v) is 11.5. The molecule has 0 saturated heterocycles. The monoisotopic (exact) mass is 281 g/mol. The molecule has 98 valence electrons. The summed E-state index contributed by atoms with van der Waals surface area (Å²) >= 11 is 5.93. The van der Waals surface area contributed by atoms with Gasteiger partial charge in [-0.3, -0.25) is 5.01 Å². The van der Waals surface area contributed by atoms with E-state index in [1.54, 1.807) is 0 Å². The molecule has 0 saturated carbocycles. The molecular weight excluding hydrogens is 270 g/mol. The molecule has 3 rings (SSSR count). The predicted octanol–water partition coefficient (Wildman–Crippen LogP) is 4.17. The van der Waals surface area contributed by atoms with E-state index < -0.39 is 0 Å². The summed E-state index contributed by atoms with van der Waals surface area (Å²) in [6, 6.07) is 19.8. The van der Waals surface area contributed by atoms with Gasteiger partial charge in [-0.15, -0.1) is 0 Å². The fraction of sp³-hybridized carbons (Fsp3) is 0.125. The van der Waals surface area contributed by atoms with Crippen molar-refractivity contribution in [1.29, 1.82) is 5.26 Å². The molecule has 0 fully saturated rings. The molecule has 1 unspecified atom stereocenters. The largest absolute Gasteiger partial charge is 0.257 e. The van der Waals surface area contributed by atoms with Gasteiger partial charge < -0.3 is 0 Å². The molecule has 3 nitrogen and oxygen atoms in total. The van der Waals surface area contributed by atoms with Gasteiger partial charge in [0.15, 0.2) is 0 Å². The standard InChI is InChI=1S/C16H12ClN3/c17-13-8-6-12(7-9-13)16-10-14(11-18)19-20(16)15-4-2-1-3-5-15/h1-9,16H,10H2. The predicted molar refractivity (Wildman–Crippen MR) is 80.8 cm³/mol. The van der Waals surface area contributed by atoms with Gasteiger partial charge in [0, 0.05) is 11.4 Å². The van der Waals surface area contributed by atoms with Crippen LogP contribution in [0.4, 0.5) is 5.69 Å². The maximum atomic E-state index is 9.11. The van der Waals surface area contributed by atoms with E-state index in [0.29, 0.717) is 17.2 Å². The van der Waals surface area contributed by atoms with E-state index in [1.807, 2.05) is 59.6 Å². The fourth-order valence-electron chi connectivity index (χ4n) is 2.34. The first kappa shape index (κ1) is 12.7. The number of anilines is 1. The second-order valence-corrected chi connectivity index (χ2v) is 5.05. The maximum Gasteiger partial charge on any atom is 0.140 e. The molecule has 2 aromatic rings. The molecule has 1 heterocycles. The van der Waals surface area contributed by atoms with Gasteiger partial charge in [0.25, 0.3) is 0 Å². The van der Waals surface area contributed by atoms with E-state index in [1.165, 1.54) is 0 Å². The van der Waals surface area contributed by atoms with Crippen LogP contribution in [0.15, 0.2) is 59.7 Å². The Labute approximate surface area is 122 Å². The van der Waals surface area contributed by atoms with Gasteiger partial charge >= 0.3 is 0 Å². The second kappa shape index (κ2) is 5.36. The topological polar surface area (TPSA) is 39.4 Å².